The summed E-state index contributed by atoms with van der Waals surface area (Å²) in [6.45, 7) is 0. The van der Waals surface area contributed by atoms with Crippen molar-refractivity contribution < 1.29 is 9.90 Å². The lowest BCUT2D eigenvalue weighted by Crippen LogP contribution is -2.03. The van der Waals surface area contributed by atoms with Gasteiger partial charge < -0.3 is 16.2 Å². The molecule has 6 heteroatoms. The number of benzene rings is 2. The monoisotopic (exact) mass is 340 g/mol. The molecule has 0 amide bonds. The third-order valence-electron chi connectivity index (χ3n) is 2.49. The SMILES string of the molecule is Nc1cc(Nc2ccc(Cl)c(Br)c2)ccc1C(=O)O. The molecule has 0 bridgehead atoms. The van der Waals surface area contributed by atoms with E-state index in [0.717, 1.165) is 10.2 Å². The van der Waals surface area contributed by atoms with Crippen LogP contribution in [0.2, 0.25) is 5.02 Å². The second-order valence-corrected chi connectivity index (χ2v) is 5.12. The number of carbonyl (C=O) groups is 1. The van der Waals surface area contributed by atoms with E-state index >= 15 is 0 Å². The average Bonchev–Trinajstić information content (AvgIpc) is 2.33. The molecule has 2 rings (SSSR count). The highest BCUT2D eigenvalue weighted by atomic mass is 79.9. The number of nitrogens with one attached hydrogen (secondary N) is 1. The van der Waals surface area contributed by atoms with Crippen molar-refractivity contribution in [3.63, 3.8) is 0 Å². The highest BCUT2D eigenvalue weighted by molar-refractivity contribution is 9.10. The molecule has 0 atom stereocenters. The van der Waals surface area contributed by atoms with Crippen molar-refractivity contribution in [1.29, 1.82) is 0 Å². The highest BCUT2D eigenvalue weighted by Gasteiger charge is 2.08. The Labute approximate surface area is 123 Å². The van der Waals surface area contributed by atoms with E-state index in [1.54, 1.807) is 18.2 Å². The molecule has 0 aliphatic carbocycles. The van der Waals surface area contributed by atoms with Gasteiger partial charge in [-0.25, -0.2) is 4.79 Å². The lowest BCUT2D eigenvalue weighted by atomic mass is 10.1. The molecule has 0 radical (unpaired) electrons. The number of halogens is 2. The highest BCUT2D eigenvalue weighted by Crippen LogP contribution is 2.28. The van der Waals surface area contributed by atoms with Gasteiger partial charge >= 0.3 is 5.97 Å². The fourth-order valence-corrected chi connectivity index (χ4v) is 2.07. The van der Waals surface area contributed by atoms with E-state index in [9.17, 15) is 4.79 Å². The van der Waals surface area contributed by atoms with Gasteiger partial charge in [0.05, 0.1) is 10.6 Å². The fourth-order valence-electron chi connectivity index (χ4n) is 1.58. The quantitative estimate of drug-likeness (QED) is 0.734. The van der Waals surface area contributed by atoms with Crippen LogP contribution in [0.3, 0.4) is 0 Å². The van der Waals surface area contributed by atoms with Crippen molar-refractivity contribution in [3.8, 4) is 0 Å². The number of hydrogen-bond acceptors (Lipinski definition) is 3. The van der Waals surface area contributed by atoms with Crippen LogP contribution < -0.4 is 11.1 Å². The summed E-state index contributed by atoms with van der Waals surface area (Å²) in [6, 6.07) is 10.1. The third kappa shape index (κ3) is 3.19. The van der Waals surface area contributed by atoms with E-state index in [1.807, 2.05) is 12.1 Å². The Bertz CT molecular complexity index is 647. The number of aromatic carboxylic acids is 1. The Morgan fingerprint density at radius 2 is 1.84 bits per heavy atom. The number of rotatable bonds is 3. The topological polar surface area (TPSA) is 75.3 Å². The maximum absolute atomic E-state index is 10.9. The second-order valence-electron chi connectivity index (χ2n) is 3.86. The van der Waals surface area contributed by atoms with Crippen LogP contribution in [0.15, 0.2) is 40.9 Å². The van der Waals surface area contributed by atoms with Crippen LogP contribution in [0.25, 0.3) is 0 Å². The van der Waals surface area contributed by atoms with Crippen molar-refractivity contribution in [1.82, 2.24) is 0 Å². The number of hydrogen-bond donors (Lipinski definition) is 3. The van der Waals surface area contributed by atoms with E-state index in [1.165, 1.54) is 6.07 Å². The molecule has 0 fully saturated rings. The van der Waals surface area contributed by atoms with E-state index in [4.69, 9.17) is 22.4 Å². The molecule has 19 heavy (non-hydrogen) atoms. The summed E-state index contributed by atoms with van der Waals surface area (Å²) in [7, 11) is 0. The minimum atomic E-state index is -1.04. The lowest BCUT2D eigenvalue weighted by Gasteiger charge is -2.09. The van der Waals surface area contributed by atoms with E-state index in [-0.39, 0.29) is 11.3 Å². The molecule has 0 aliphatic rings. The van der Waals surface area contributed by atoms with E-state index in [0.29, 0.717) is 10.7 Å². The molecule has 0 aromatic heterocycles. The molecule has 0 spiro atoms. The Morgan fingerprint density at radius 1 is 1.21 bits per heavy atom. The van der Waals surface area contributed by atoms with Gasteiger partial charge in [0.25, 0.3) is 0 Å². The summed E-state index contributed by atoms with van der Waals surface area (Å²) >= 11 is 9.23. The van der Waals surface area contributed by atoms with Gasteiger partial charge in [0.1, 0.15) is 0 Å². The molecule has 98 valence electrons. The Morgan fingerprint density at radius 3 is 2.42 bits per heavy atom. The summed E-state index contributed by atoms with van der Waals surface area (Å²) < 4.78 is 0.772. The first-order valence-corrected chi connectivity index (χ1v) is 6.49. The third-order valence-corrected chi connectivity index (χ3v) is 3.70. The van der Waals surface area contributed by atoms with Crippen LogP contribution in [-0.2, 0) is 0 Å². The van der Waals surface area contributed by atoms with Crippen molar-refractivity contribution in [2.75, 3.05) is 11.1 Å². The standard InChI is InChI=1S/C13H10BrClN2O2/c14-10-5-7(2-4-11(10)15)17-8-1-3-9(13(18)19)12(16)6-8/h1-6,17H,16H2,(H,18,19). The molecule has 4 N–H and O–H groups in total. The molecule has 4 nitrogen and oxygen atoms in total. The Balaban J connectivity index is 2.26. The molecule has 0 saturated carbocycles. The van der Waals surface area contributed by atoms with Gasteiger partial charge in [0.15, 0.2) is 0 Å². The molecule has 0 saturated heterocycles. The maximum atomic E-state index is 10.9. The van der Waals surface area contributed by atoms with Crippen LogP contribution in [0.5, 0.6) is 0 Å². The van der Waals surface area contributed by atoms with Crippen molar-refractivity contribution in [2.24, 2.45) is 0 Å². The number of nitrogen functional groups attached to an aromatic ring is 1. The summed E-state index contributed by atoms with van der Waals surface area (Å²) in [6.07, 6.45) is 0. The number of anilines is 3. The van der Waals surface area contributed by atoms with Crippen LogP contribution >= 0.6 is 27.5 Å². The number of nitrogens with two attached hydrogens (primary N) is 1. The van der Waals surface area contributed by atoms with E-state index in [2.05, 4.69) is 21.2 Å². The summed E-state index contributed by atoms with van der Waals surface area (Å²) in [4.78, 5) is 10.9. The Kier molecular flexibility index (Phi) is 3.97. The predicted molar refractivity (Wildman–Crippen MR) is 80.2 cm³/mol. The summed E-state index contributed by atoms with van der Waals surface area (Å²) in [5.41, 5.74) is 7.50. The van der Waals surface area contributed by atoms with Crippen molar-refractivity contribution in [2.45, 2.75) is 0 Å². The van der Waals surface area contributed by atoms with Gasteiger partial charge in [-0.1, -0.05) is 11.6 Å². The molecule has 2 aromatic carbocycles. The zero-order valence-electron chi connectivity index (χ0n) is 9.65. The molecular formula is C13H10BrClN2O2. The van der Waals surface area contributed by atoms with Gasteiger partial charge in [0, 0.05) is 21.5 Å². The fraction of sp³-hybridized carbons (Fsp3) is 0. The first-order valence-electron chi connectivity index (χ1n) is 5.32. The van der Waals surface area contributed by atoms with Gasteiger partial charge in [-0.15, -0.1) is 0 Å². The predicted octanol–water partition coefficient (Wildman–Crippen LogP) is 4.13. The van der Waals surface area contributed by atoms with Gasteiger partial charge in [-0.05, 0) is 52.3 Å². The smallest absolute Gasteiger partial charge is 0.337 e. The van der Waals surface area contributed by atoms with Crippen molar-refractivity contribution in [3.05, 3.63) is 51.5 Å². The van der Waals surface area contributed by atoms with Crippen LogP contribution in [-0.4, -0.2) is 11.1 Å². The maximum Gasteiger partial charge on any atom is 0.337 e. The minimum Gasteiger partial charge on any atom is -0.478 e. The summed E-state index contributed by atoms with van der Waals surface area (Å²) in [5.74, 6) is -1.04. The van der Waals surface area contributed by atoms with Gasteiger partial charge in [-0.3, -0.25) is 0 Å². The zero-order valence-corrected chi connectivity index (χ0v) is 12.0. The first-order chi connectivity index (χ1) is 8.97. The van der Waals surface area contributed by atoms with Crippen LogP contribution in [0.1, 0.15) is 10.4 Å². The van der Waals surface area contributed by atoms with Gasteiger partial charge in [-0.2, -0.15) is 0 Å². The Hall–Kier alpha value is -1.72. The number of carboxylic acid groups (broad SMARTS) is 1. The number of carboxylic acids is 1. The van der Waals surface area contributed by atoms with Gasteiger partial charge in [0.2, 0.25) is 0 Å². The first kappa shape index (κ1) is 13.7. The van der Waals surface area contributed by atoms with E-state index < -0.39 is 5.97 Å². The minimum absolute atomic E-state index is 0.0860. The lowest BCUT2D eigenvalue weighted by molar-refractivity contribution is 0.0698. The largest absolute Gasteiger partial charge is 0.478 e. The molecule has 0 heterocycles. The summed E-state index contributed by atoms with van der Waals surface area (Å²) in [5, 5.41) is 12.6. The second kappa shape index (κ2) is 5.50. The molecule has 2 aromatic rings. The molecule has 0 unspecified atom stereocenters. The zero-order chi connectivity index (χ0) is 14.0. The normalized spacial score (nSPS) is 10.2. The van der Waals surface area contributed by atoms with Crippen molar-refractivity contribution >= 4 is 50.6 Å². The molecule has 0 aliphatic heterocycles. The molecular weight excluding hydrogens is 332 g/mol. The van der Waals surface area contributed by atoms with Crippen LogP contribution in [0, 0.1) is 0 Å². The average molecular weight is 342 g/mol. The van der Waals surface area contributed by atoms with Crippen LogP contribution in [0.4, 0.5) is 17.1 Å².